The first-order valence-electron chi connectivity index (χ1n) is 8.49. The molecule has 1 aromatic carbocycles. The molecule has 0 radical (unpaired) electrons. The Hall–Kier alpha value is -2.38. The molecule has 3 rings (SSSR count). The van der Waals surface area contributed by atoms with E-state index >= 15 is 0 Å². The van der Waals surface area contributed by atoms with Gasteiger partial charge in [0.15, 0.2) is 6.61 Å². The van der Waals surface area contributed by atoms with Crippen molar-refractivity contribution >= 4 is 34.6 Å². The second-order valence-electron chi connectivity index (χ2n) is 6.10. The Labute approximate surface area is 156 Å². The van der Waals surface area contributed by atoms with Crippen LogP contribution in [0.2, 0.25) is 0 Å². The number of hydrogen-bond acceptors (Lipinski definition) is 6. The van der Waals surface area contributed by atoms with Gasteiger partial charge in [0.25, 0.3) is 5.91 Å². The van der Waals surface area contributed by atoms with Gasteiger partial charge in [0, 0.05) is 34.2 Å². The molecule has 7 heteroatoms. The number of thiophene rings is 1. The largest absolute Gasteiger partial charge is 0.452 e. The highest BCUT2D eigenvalue weighted by Gasteiger charge is 2.15. The van der Waals surface area contributed by atoms with Crippen LogP contribution in [0.15, 0.2) is 30.3 Å². The van der Waals surface area contributed by atoms with Crippen molar-refractivity contribution in [1.82, 2.24) is 0 Å². The molecule has 0 unspecified atom stereocenters. The van der Waals surface area contributed by atoms with E-state index in [0.29, 0.717) is 11.3 Å². The first kappa shape index (κ1) is 18.4. The van der Waals surface area contributed by atoms with E-state index in [0.717, 1.165) is 41.7 Å². The van der Waals surface area contributed by atoms with E-state index in [1.165, 1.54) is 11.3 Å². The van der Waals surface area contributed by atoms with Crippen LogP contribution < -0.4 is 10.2 Å². The van der Waals surface area contributed by atoms with Crippen molar-refractivity contribution in [1.29, 1.82) is 0 Å². The number of carbonyl (C=O) groups excluding carboxylic acids is 2. The molecule has 1 aliphatic heterocycles. The Morgan fingerprint density at radius 3 is 2.50 bits per heavy atom. The van der Waals surface area contributed by atoms with Gasteiger partial charge in [-0.2, -0.15) is 0 Å². The summed E-state index contributed by atoms with van der Waals surface area (Å²) in [6.45, 7) is 6.68. The first-order chi connectivity index (χ1) is 12.5. The quantitative estimate of drug-likeness (QED) is 0.815. The van der Waals surface area contributed by atoms with Gasteiger partial charge in [-0.1, -0.05) is 0 Å². The number of nitrogens with one attached hydrogen (secondary N) is 1. The number of rotatable bonds is 5. The van der Waals surface area contributed by atoms with Crippen molar-refractivity contribution in [3.05, 3.63) is 45.6 Å². The van der Waals surface area contributed by atoms with Crippen LogP contribution in [0.3, 0.4) is 0 Å². The third-order valence-corrected chi connectivity index (χ3v) is 5.09. The fourth-order valence-corrected chi connectivity index (χ4v) is 3.73. The number of benzene rings is 1. The minimum absolute atomic E-state index is 0.307. The Bertz CT molecular complexity index is 779. The Balaban J connectivity index is 1.50. The lowest BCUT2D eigenvalue weighted by molar-refractivity contribution is -0.119. The van der Waals surface area contributed by atoms with Crippen LogP contribution in [-0.4, -0.2) is 44.8 Å². The molecular formula is C19H22N2O4S. The predicted molar refractivity (Wildman–Crippen MR) is 102 cm³/mol. The third-order valence-electron chi connectivity index (χ3n) is 4.12. The van der Waals surface area contributed by atoms with Crippen LogP contribution in [-0.2, 0) is 14.3 Å². The molecular weight excluding hydrogens is 352 g/mol. The smallest absolute Gasteiger partial charge is 0.339 e. The lowest BCUT2D eigenvalue weighted by atomic mass is 10.2. The molecule has 1 aromatic heterocycles. The van der Waals surface area contributed by atoms with Crippen molar-refractivity contribution in [3.63, 3.8) is 0 Å². The number of aryl methyl sites for hydroxylation is 2. The van der Waals surface area contributed by atoms with Gasteiger partial charge in [0.05, 0.1) is 18.8 Å². The lowest BCUT2D eigenvalue weighted by Gasteiger charge is -2.28. The van der Waals surface area contributed by atoms with E-state index in [4.69, 9.17) is 9.47 Å². The van der Waals surface area contributed by atoms with E-state index in [9.17, 15) is 9.59 Å². The minimum Gasteiger partial charge on any atom is -0.452 e. The van der Waals surface area contributed by atoms with Crippen molar-refractivity contribution in [2.45, 2.75) is 13.8 Å². The van der Waals surface area contributed by atoms with Gasteiger partial charge in [0.2, 0.25) is 0 Å². The van der Waals surface area contributed by atoms with Crippen molar-refractivity contribution in [3.8, 4) is 0 Å². The van der Waals surface area contributed by atoms with Crippen molar-refractivity contribution < 1.29 is 19.1 Å². The van der Waals surface area contributed by atoms with Crippen LogP contribution in [0, 0.1) is 13.8 Å². The number of hydrogen-bond donors (Lipinski definition) is 1. The van der Waals surface area contributed by atoms with Gasteiger partial charge in [0.1, 0.15) is 0 Å². The van der Waals surface area contributed by atoms with E-state index in [1.54, 1.807) is 6.07 Å². The molecule has 1 fully saturated rings. The minimum atomic E-state index is -0.468. The molecule has 0 aliphatic carbocycles. The van der Waals surface area contributed by atoms with Gasteiger partial charge < -0.3 is 19.7 Å². The van der Waals surface area contributed by atoms with Gasteiger partial charge in [-0.05, 0) is 44.2 Å². The number of esters is 1. The molecule has 138 valence electrons. The molecule has 1 N–H and O–H groups in total. The zero-order chi connectivity index (χ0) is 18.5. The fraction of sp³-hybridized carbons (Fsp3) is 0.368. The number of anilines is 2. The molecule has 26 heavy (non-hydrogen) atoms. The zero-order valence-corrected chi connectivity index (χ0v) is 15.7. The maximum atomic E-state index is 12.0. The summed E-state index contributed by atoms with van der Waals surface area (Å²) in [7, 11) is 0. The second kappa shape index (κ2) is 8.33. The lowest BCUT2D eigenvalue weighted by Crippen LogP contribution is -2.36. The molecule has 0 atom stereocenters. The Kier molecular flexibility index (Phi) is 5.90. The van der Waals surface area contributed by atoms with Crippen LogP contribution >= 0.6 is 11.3 Å². The van der Waals surface area contributed by atoms with Gasteiger partial charge >= 0.3 is 5.97 Å². The Morgan fingerprint density at radius 2 is 1.88 bits per heavy atom. The molecule has 0 saturated carbocycles. The summed E-state index contributed by atoms with van der Waals surface area (Å²) in [4.78, 5) is 28.2. The average molecular weight is 374 g/mol. The monoisotopic (exact) mass is 374 g/mol. The summed E-state index contributed by atoms with van der Waals surface area (Å²) in [6, 6.07) is 9.40. The second-order valence-corrected chi connectivity index (χ2v) is 7.56. The molecule has 1 aliphatic rings. The molecule has 2 aromatic rings. The molecule has 1 saturated heterocycles. The zero-order valence-electron chi connectivity index (χ0n) is 14.9. The summed E-state index contributed by atoms with van der Waals surface area (Å²) in [5.74, 6) is -0.827. The van der Waals surface area contributed by atoms with Crippen LogP contribution in [0.5, 0.6) is 0 Å². The SMILES string of the molecule is Cc1cc(C(=O)OCC(=O)Nc2ccc(N3CCOCC3)cc2)c(C)s1. The first-order valence-corrected chi connectivity index (χ1v) is 9.31. The highest BCUT2D eigenvalue weighted by Crippen LogP contribution is 2.21. The van der Waals surface area contributed by atoms with Gasteiger partial charge in [-0.25, -0.2) is 4.79 Å². The van der Waals surface area contributed by atoms with E-state index in [2.05, 4.69) is 10.2 Å². The molecule has 0 spiro atoms. The third kappa shape index (κ3) is 4.62. The highest BCUT2D eigenvalue weighted by atomic mass is 32.1. The topological polar surface area (TPSA) is 67.9 Å². The molecule has 6 nitrogen and oxygen atoms in total. The fourth-order valence-electron chi connectivity index (χ4n) is 2.82. The van der Waals surface area contributed by atoms with Crippen LogP contribution in [0.25, 0.3) is 0 Å². The average Bonchev–Trinajstić information content (AvgIpc) is 2.99. The summed E-state index contributed by atoms with van der Waals surface area (Å²) < 4.78 is 10.5. The summed E-state index contributed by atoms with van der Waals surface area (Å²) in [5, 5.41) is 2.74. The molecule has 2 heterocycles. The van der Waals surface area contributed by atoms with E-state index < -0.39 is 5.97 Å². The van der Waals surface area contributed by atoms with Crippen molar-refractivity contribution in [2.75, 3.05) is 43.1 Å². The maximum Gasteiger partial charge on any atom is 0.339 e. The predicted octanol–water partition coefficient (Wildman–Crippen LogP) is 3.00. The maximum absolute atomic E-state index is 12.0. The van der Waals surface area contributed by atoms with Crippen LogP contribution in [0.1, 0.15) is 20.1 Å². The Morgan fingerprint density at radius 1 is 1.19 bits per heavy atom. The number of amides is 1. The van der Waals surface area contributed by atoms with E-state index in [1.807, 2.05) is 38.1 Å². The van der Waals surface area contributed by atoms with E-state index in [-0.39, 0.29) is 12.5 Å². The number of nitrogens with zero attached hydrogens (tertiary/aromatic N) is 1. The van der Waals surface area contributed by atoms with Crippen LogP contribution in [0.4, 0.5) is 11.4 Å². The summed E-state index contributed by atoms with van der Waals surface area (Å²) >= 11 is 1.53. The normalized spacial score (nSPS) is 14.2. The highest BCUT2D eigenvalue weighted by molar-refractivity contribution is 7.12. The number of carbonyl (C=O) groups is 2. The molecule has 1 amide bonds. The number of ether oxygens (including phenoxy) is 2. The summed E-state index contributed by atoms with van der Waals surface area (Å²) in [5.41, 5.74) is 2.29. The summed E-state index contributed by atoms with van der Waals surface area (Å²) in [6.07, 6.45) is 0. The standard InChI is InChI=1S/C19H22N2O4S/c1-13-11-17(14(2)26-13)19(23)25-12-18(22)20-15-3-5-16(6-4-15)21-7-9-24-10-8-21/h3-6,11H,7-10,12H2,1-2H3,(H,20,22). The van der Waals surface area contributed by atoms with Gasteiger partial charge in [-0.15, -0.1) is 11.3 Å². The number of morpholine rings is 1. The van der Waals surface area contributed by atoms with Gasteiger partial charge in [-0.3, -0.25) is 4.79 Å². The van der Waals surface area contributed by atoms with Crippen molar-refractivity contribution in [2.24, 2.45) is 0 Å². The molecule has 0 bridgehead atoms.